The van der Waals surface area contributed by atoms with Gasteiger partial charge in [0.25, 0.3) is 5.91 Å². The first-order chi connectivity index (χ1) is 13.2. The van der Waals surface area contributed by atoms with Gasteiger partial charge in [-0.3, -0.25) is 4.79 Å². The number of furan rings is 1. The SMILES string of the molecule is CCOC(=O)N1CCC(Nc2ccc(C(=O)NCc3ccco3)cn2)CC1. The third-order valence-corrected chi connectivity index (χ3v) is 4.40. The lowest BCUT2D eigenvalue weighted by molar-refractivity contribution is 0.0946. The van der Waals surface area contributed by atoms with Crippen molar-refractivity contribution in [3.63, 3.8) is 0 Å². The number of rotatable bonds is 6. The van der Waals surface area contributed by atoms with Crippen LogP contribution in [0.15, 0.2) is 41.1 Å². The molecule has 27 heavy (non-hydrogen) atoms. The van der Waals surface area contributed by atoms with Crippen LogP contribution in [0.25, 0.3) is 0 Å². The molecular weight excluding hydrogens is 348 g/mol. The second kappa shape index (κ2) is 9.07. The van der Waals surface area contributed by atoms with E-state index in [0.29, 0.717) is 43.4 Å². The van der Waals surface area contributed by atoms with Gasteiger partial charge in [0.1, 0.15) is 11.6 Å². The number of hydrogen-bond acceptors (Lipinski definition) is 6. The fourth-order valence-electron chi connectivity index (χ4n) is 2.93. The largest absolute Gasteiger partial charge is 0.467 e. The van der Waals surface area contributed by atoms with Crippen molar-refractivity contribution >= 4 is 17.8 Å². The van der Waals surface area contributed by atoms with Gasteiger partial charge in [-0.15, -0.1) is 0 Å². The molecule has 0 unspecified atom stereocenters. The van der Waals surface area contributed by atoms with Crippen LogP contribution in [0.2, 0.25) is 0 Å². The molecule has 144 valence electrons. The molecule has 2 amide bonds. The number of anilines is 1. The monoisotopic (exact) mass is 372 g/mol. The van der Waals surface area contributed by atoms with Crippen molar-refractivity contribution in [2.45, 2.75) is 32.4 Å². The van der Waals surface area contributed by atoms with Gasteiger partial charge in [-0.25, -0.2) is 9.78 Å². The second-order valence-corrected chi connectivity index (χ2v) is 6.30. The summed E-state index contributed by atoms with van der Waals surface area (Å²) in [4.78, 5) is 29.9. The standard InChI is InChI=1S/C19H24N4O4/c1-2-26-19(25)23-9-7-15(8-10-23)22-17-6-5-14(12-20-17)18(24)21-13-16-4-3-11-27-16/h3-6,11-12,15H,2,7-10,13H2,1H3,(H,20,22)(H,21,24). The maximum absolute atomic E-state index is 12.1. The number of carbonyl (C=O) groups is 2. The molecule has 3 heterocycles. The van der Waals surface area contributed by atoms with E-state index in [4.69, 9.17) is 9.15 Å². The zero-order valence-electron chi connectivity index (χ0n) is 15.3. The number of nitrogens with one attached hydrogen (secondary N) is 2. The normalized spacial score (nSPS) is 14.6. The Balaban J connectivity index is 1.45. The number of ether oxygens (including phenoxy) is 1. The molecule has 2 aromatic heterocycles. The molecule has 2 N–H and O–H groups in total. The summed E-state index contributed by atoms with van der Waals surface area (Å²) in [5.74, 6) is 1.21. The minimum Gasteiger partial charge on any atom is -0.467 e. The highest BCUT2D eigenvalue weighted by atomic mass is 16.6. The van der Waals surface area contributed by atoms with Gasteiger partial charge in [0.15, 0.2) is 0 Å². The van der Waals surface area contributed by atoms with Crippen LogP contribution in [0.5, 0.6) is 0 Å². The van der Waals surface area contributed by atoms with Crippen molar-refractivity contribution in [3.8, 4) is 0 Å². The van der Waals surface area contributed by atoms with Gasteiger partial charge in [-0.05, 0) is 44.0 Å². The Morgan fingerprint density at radius 2 is 2.11 bits per heavy atom. The summed E-state index contributed by atoms with van der Waals surface area (Å²) in [6, 6.07) is 7.35. The molecule has 1 fully saturated rings. The molecule has 0 bridgehead atoms. The van der Waals surface area contributed by atoms with Crippen molar-refractivity contribution in [3.05, 3.63) is 48.0 Å². The Kier molecular flexibility index (Phi) is 6.30. The Hall–Kier alpha value is -3.03. The summed E-state index contributed by atoms with van der Waals surface area (Å²) in [5, 5.41) is 6.14. The Labute approximate surface area is 157 Å². The van der Waals surface area contributed by atoms with Crippen molar-refractivity contribution in [2.75, 3.05) is 25.0 Å². The van der Waals surface area contributed by atoms with Crippen LogP contribution in [0, 0.1) is 0 Å². The number of pyridine rings is 1. The van der Waals surface area contributed by atoms with Gasteiger partial charge < -0.3 is 24.7 Å². The molecule has 0 aliphatic carbocycles. The molecule has 0 saturated carbocycles. The van der Waals surface area contributed by atoms with E-state index in [1.807, 2.05) is 0 Å². The number of likely N-dealkylation sites (tertiary alicyclic amines) is 1. The third kappa shape index (κ3) is 5.22. The van der Waals surface area contributed by atoms with Gasteiger partial charge in [0.05, 0.1) is 25.0 Å². The van der Waals surface area contributed by atoms with Gasteiger partial charge in [-0.2, -0.15) is 0 Å². The van der Waals surface area contributed by atoms with E-state index in [9.17, 15) is 9.59 Å². The lowest BCUT2D eigenvalue weighted by atomic mass is 10.1. The fraction of sp³-hybridized carbons (Fsp3) is 0.421. The number of nitrogens with zero attached hydrogens (tertiary/aromatic N) is 2. The number of amides is 2. The van der Waals surface area contributed by atoms with E-state index in [1.165, 1.54) is 0 Å². The van der Waals surface area contributed by atoms with Crippen LogP contribution in [-0.4, -0.2) is 47.6 Å². The molecule has 1 aliphatic rings. The number of hydrogen-bond donors (Lipinski definition) is 2. The van der Waals surface area contributed by atoms with Crippen molar-refractivity contribution in [1.29, 1.82) is 0 Å². The van der Waals surface area contributed by atoms with Crippen molar-refractivity contribution in [1.82, 2.24) is 15.2 Å². The highest BCUT2D eigenvalue weighted by Gasteiger charge is 2.23. The highest BCUT2D eigenvalue weighted by molar-refractivity contribution is 5.93. The summed E-state index contributed by atoms with van der Waals surface area (Å²) < 4.78 is 10.2. The predicted molar refractivity (Wildman–Crippen MR) is 99.4 cm³/mol. The maximum atomic E-state index is 12.1. The fourth-order valence-corrected chi connectivity index (χ4v) is 2.93. The van der Waals surface area contributed by atoms with Crippen LogP contribution in [0.1, 0.15) is 35.9 Å². The average Bonchev–Trinajstić information content (AvgIpc) is 3.21. The summed E-state index contributed by atoms with van der Waals surface area (Å²) in [5.41, 5.74) is 0.490. The molecule has 3 rings (SSSR count). The lowest BCUT2D eigenvalue weighted by Gasteiger charge is -2.31. The van der Waals surface area contributed by atoms with Gasteiger partial charge in [0, 0.05) is 25.3 Å². The molecule has 0 radical (unpaired) electrons. The Bertz CT molecular complexity index is 738. The van der Waals surface area contributed by atoms with Gasteiger partial charge >= 0.3 is 6.09 Å². The molecule has 8 nitrogen and oxygen atoms in total. The van der Waals surface area contributed by atoms with Crippen molar-refractivity contribution in [2.24, 2.45) is 0 Å². The predicted octanol–water partition coefficient (Wildman–Crippen LogP) is 2.64. The number of carbonyl (C=O) groups excluding carboxylic acids is 2. The van der Waals surface area contributed by atoms with E-state index in [0.717, 1.165) is 12.8 Å². The maximum Gasteiger partial charge on any atom is 0.409 e. The van der Waals surface area contributed by atoms with E-state index < -0.39 is 0 Å². The van der Waals surface area contributed by atoms with Crippen LogP contribution in [0.4, 0.5) is 10.6 Å². The molecule has 0 aromatic carbocycles. The minimum absolute atomic E-state index is 0.201. The van der Waals surface area contributed by atoms with Crippen LogP contribution < -0.4 is 10.6 Å². The molecular formula is C19H24N4O4. The topological polar surface area (TPSA) is 96.7 Å². The molecule has 0 spiro atoms. The first kappa shape index (κ1) is 18.8. The summed E-state index contributed by atoms with van der Waals surface area (Å²) in [6.07, 6.45) is 4.52. The third-order valence-electron chi connectivity index (χ3n) is 4.40. The zero-order chi connectivity index (χ0) is 19.1. The Morgan fingerprint density at radius 3 is 2.74 bits per heavy atom. The van der Waals surface area contributed by atoms with E-state index in [-0.39, 0.29) is 18.0 Å². The van der Waals surface area contributed by atoms with Crippen LogP contribution in [-0.2, 0) is 11.3 Å². The van der Waals surface area contributed by atoms with Gasteiger partial charge in [0.2, 0.25) is 0 Å². The minimum atomic E-state index is -0.251. The second-order valence-electron chi connectivity index (χ2n) is 6.30. The van der Waals surface area contributed by atoms with E-state index in [1.54, 1.807) is 48.5 Å². The number of piperidine rings is 1. The first-order valence-corrected chi connectivity index (χ1v) is 9.10. The van der Waals surface area contributed by atoms with E-state index >= 15 is 0 Å². The summed E-state index contributed by atoms with van der Waals surface area (Å²) in [7, 11) is 0. The van der Waals surface area contributed by atoms with Gasteiger partial charge in [-0.1, -0.05) is 0 Å². The lowest BCUT2D eigenvalue weighted by Crippen LogP contribution is -2.42. The van der Waals surface area contributed by atoms with Crippen LogP contribution in [0.3, 0.4) is 0 Å². The van der Waals surface area contributed by atoms with Crippen molar-refractivity contribution < 1.29 is 18.7 Å². The molecule has 2 aromatic rings. The van der Waals surface area contributed by atoms with E-state index in [2.05, 4.69) is 15.6 Å². The quantitative estimate of drug-likeness (QED) is 0.809. The number of aromatic nitrogens is 1. The summed E-state index contributed by atoms with van der Waals surface area (Å²) >= 11 is 0. The highest BCUT2D eigenvalue weighted by Crippen LogP contribution is 2.16. The Morgan fingerprint density at radius 1 is 1.30 bits per heavy atom. The molecule has 1 aliphatic heterocycles. The smallest absolute Gasteiger partial charge is 0.409 e. The van der Waals surface area contributed by atoms with Crippen LogP contribution >= 0.6 is 0 Å². The summed E-state index contributed by atoms with van der Waals surface area (Å²) in [6.45, 7) is 3.85. The molecule has 8 heteroatoms. The first-order valence-electron chi connectivity index (χ1n) is 9.10. The molecule has 0 atom stereocenters. The molecule has 1 saturated heterocycles. The zero-order valence-corrected chi connectivity index (χ0v) is 15.3. The average molecular weight is 372 g/mol.